The lowest BCUT2D eigenvalue weighted by atomic mass is 10.0. The van der Waals surface area contributed by atoms with Crippen LogP contribution in [0.3, 0.4) is 0 Å². The normalized spacial score (nSPS) is 10.8. The zero-order valence-electron chi connectivity index (χ0n) is 36.4. The van der Waals surface area contributed by atoms with Crippen molar-refractivity contribution in [3.8, 4) is 33.5 Å². The maximum absolute atomic E-state index is 11.0. The van der Waals surface area contributed by atoms with Crippen molar-refractivity contribution in [1.82, 2.24) is 19.9 Å². The highest BCUT2D eigenvalue weighted by atomic mass is 16.6. The third-order valence-corrected chi connectivity index (χ3v) is 9.77. The molecule has 0 aliphatic heterocycles. The van der Waals surface area contributed by atoms with Gasteiger partial charge in [-0.3, -0.25) is 45.0 Å². The van der Waals surface area contributed by atoms with Crippen LogP contribution in [-0.4, -0.2) is 57.6 Å². The van der Waals surface area contributed by atoms with Gasteiger partial charge in [-0.05, 0) is 78.4 Å². The van der Waals surface area contributed by atoms with E-state index in [2.05, 4.69) is 84.2 Å². The predicted octanol–water partition coefficient (Wildman–Crippen LogP) is 12.9. The van der Waals surface area contributed by atoms with Gasteiger partial charge in [0.25, 0.3) is 5.69 Å². The molecule has 4 heterocycles. The first-order chi connectivity index (χ1) is 32.4. The SMILES string of the molecule is C(=Nc1ccccc1-c1ccccn1)c1ccccn1.CN(C)c1ccccc1-c1ccccc1N=Cc1ccccn1.O=[N+]([O-])c1ccc(N=Cc2ccccn2)c(-c2ccccc2)c1. The Morgan fingerprint density at radius 3 is 1.38 bits per heavy atom. The van der Waals surface area contributed by atoms with E-state index in [-0.39, 0.29) is 5.69 Å². The van der Waals surface area contributed by atoms with Gasteiger partial charge in [0.05, 0.1) is 63.4 Å². The summed E-state index contributed by atoms with van der Waals surface area (Å²) >= 11 is 0. The lowest BCUT2D eigenvalue weighted by Crippen LogP contribution is -2.09. The van der Waals surface area contributed by atoms with Crippen LogP contribution in [0, 0.1) is 10.1 Å². The Balaban J connectivity index is 0.000000148. The van der Waals surface area contributed by atoms with Crippen LogP contribution in [0.5, 0.6) is 0 Å². The number of pyridine rings is 4. The van der Waals surface area contributed by atoms with Crippen molar-refractivity contribution < 1.29 is 4.92 Å². The number of non-ortho nitro benzene ring substituents is 1. The standard InChI is InChI=1S/C20H19N3.C18H13N3O2.C17H13N3/c1-23(2)20-13-6-4-11-18(20)17-10-3-5-12-19(17)22-15-16-9-7-8-14-21-16;22-21(23)16-9-10-18(20-13-15-8-4-5-11-19-15)17(12-16)14-6-2-1-3-7-14;1-2-9-17(20-13-14-7-3-5-11-18-14)15(8-1)16-10-4-6-12-19-16/h3-15H,1-2H3;1-13H;1-13H. The second-order valence-electron chi connectivity index (χ2n) is 14.5. The molecule has 66 heavy (non-hydrogen) atoms. The Bertz CT molecular complexity index is 3020. The minimum absolute atomic E-state index is 0.0423. The summed E-state index contributed by atoms with van der Waals surface area (Å²) in [7, 11) is 4.11. The molecule has 9 aromatic rings. The topological polar surface area (TPSA) is 135 Å². The quantitative estimate of drug-likeness (QED) is 0.0717. The van der Waals surface area contributed by atoms with E-state index in [0.29, 0.717) is 11.3 Å². The first-order valence-corrected chi connectivity index (χ1v) is 21.0. The van der Waals surface area contributed by atoms with Crippen LogP contribution in [0.1, 0.15) is 17.1 Å². The highest BCUT2D eigenvalue weighted by Crippen LogP contribution is 2.36. The number of benzene rings is 5. The van der Waals surface area contributed by atoms with Crippen molar-refractivity contribution in [2.45, 2.75) is 0 Å². The van der Waals surface area contributed by atoms with Crippen molar-refractivity contribution in [3.05, 3.63) is 246 Å². The smallest absolute Gasteiger partial charge is 0.270 e. The fourth-order valence-electron chi connectivity index (χ4n) is 6.59. The molecule has 0 N–H and O–H groups in total. The molecule has 0 amide bonds. The number of aliphatic imine (C=N–C) groups is 3. The molecule has 0 radical (unpaired) electrons. The minimum atomic E-state index is -0.404. The molecule has 0 saturated carbocycles. The van der Waals surface area contributed by atoms with Crippen molar-refractivity contribution in [2.75, 3.05) is 19.0 Å². The average molecular weight is 864 g/mol. The molecular weight excluding hydrogens is 819 g/mol. The van der Waals surface area contributed by atoms with Crippen LogP contribution in [0.25, 0.3) is 33.5 Å². The molecule has 0 saturated heterocycles. The van der Waals surface area contributed by atoms with Crippen molar-refractivity contribution in [2.24, 2.45) is 15.0 Å². The molecule has 4 aromatic heterocycles. The van der Waals surface area contributed by atoms with Crippen molar-refractivity contribution >= 4 is 47.1 Å². The molecule has 0 atom stereocenters. The first-order valence-electron chi connectivity index (χ1n) is 21.0. The zero-order chi connectivity index (χ0) is 45.8. The largest absolute Gasteiger partial charge is 0.377 e. The minimum Gasteiger partial charge on any atom is -0.377 e. The number of aromatic nitrogens is 4. The van der Waals surface area contributed by atoms with E-state index in [1.54, 1.807) is 55.6 Å². The number of hydrogen-bond donors (Lipinski definition) is 0. The van der Waals surface area contributed by atoms with Gasteiger partial charge in [0.15, 0.2) is 0 Å². The molecule has 0 aliphatic rings. The second-order valence-corrected chi connectivity index (χ2v) is 14.5. The van der Waals surface area contributed by atoms with E-state index in [0.717, 1.165) is 50.8 Å². The Hall–Kier alpha value is -9.09. The van der Waals surface area contributed by atoms with Crippen LogP contribution in [0.2, 0.25) is 0 Å². The van der Waals surface area contributed by atoms with Gasteiger partial charge >= 0.3 is 0 Å². The number of nitrogens with zero attached hydrogens (tertiary/aromatic N) is 9. The van der Waals surface area contributed by atoms with E-state index in [4.69, 9.17) is 0 Å². The molecule has 11 heteroatoms. The molecule has 0 aliphatic carbocycles. The van der Waals surface area contributed by atoms with Crippen LogP contribution >= 0.6 is 0 Å². The predicted molar refractivity (Wildman–Crippen MR) is 269 cm³/mol. The van der Waals surface area contributed by atoms with Gasteiger partial charge in [0.1, 0.15) is 0 Å². The summed E-state index contributed by atoms with van der Waals surface area (Å²) in [6.07, 6.45) is 12.2. The number of nitro benzene ring substituents is 1. The fraction of sp³-hybridized carbons (Fsp3) is 0.0364. The molecule has 322 valence electrons. The maximum Gasteiger partial charge on any atom is 0.270 e. The average Bonchev–Trinajstić information content (AvgIpc) is 3.38. The van der Waals surface area contributed by atoms with Crippen molar-refractivity contribution in [3.63, 3.8) is 0 Å². The molecule has 0 unspecified atom stereocenters. The summed E-state index contributed by atoms with van der Waals surface area (Å²) in [5.74, 6) is 0. The number of anilines is 1. The Kier molecular flexibility index (Phi) is 15.9. The monoisotopic (exact) mass is 863 g/mol. The fourth-order valence-corrected chi connectivity index (χ4v) is 6.59. The molecule has 0 bridgehead atoms. The van der Waals surface area contributed by atoms with Crippen LogP contribution in [0.4, 0.5) is 28.4 Å². The summed E-state index contributed by atoms with van der Waals surface area (Å²) in [6, 6.07) is 61.6. The van der Waals surface area contributed by atoms with Gasteiger partial charge in [0, 0.05) is 79.0 Å². The number of para-hydroxylation sites is 3. The zero-order valence-corrected chi connectivity index (χ0v) is 36.4. The third kappa shape index (κ3) is 12.7. The number of hydrogen-bond acceptors (Lipinski definition) is 10. The van der Waals surface area contributed by atoms with Gasteiger partial charge in [-0.2, -0.15) is 0 Å². The number of rotatable bonds is 11. The lowest BCUT2D eigenvalue weighted by molar-refractivity contribution is -0.384. The number of nitro groups is 1. The Morgan fingerprint density at radius 1 is 0.439 bits per heavy atom. The maximum atomic E-state index is 11.0. The summed E-state index contributed by atoms with van der Waals surface area (Å²) in [6.45, 7) is 0. The molecule has 0 fully saturated rings. The van der Waals surface area contributed by atoms with E-state index in [9.17, 15) is 10.1 Å². The molecule has 11 nitrogen and oxygen atoms in total. The van der Waals surface area contributed by atoms with E-state index in [1.165, 1.54) is 17.3 Å². The summed E-state index contributed by atoms with van der Waals surface area (Å²) in [5, 5.41) is 11.0. The van der Waals surface area contributed by atoms with Gasteiger partial charge < -0.3 is 4.90 Å². The Labute approximate surface area is 384 Å². The molecule has 5 aromatic carbocycles. The van der Waals surface area contributed by atoms with E-state index >= 15 is 0 Å². The van der Waals surface area contributed by atoms with E-state index in [1.807, 2.05) is 146 Å². The third-order valence-electron chi connectivity index (χ3n) is 9.77. The Morgan fingerprint density at radius 2 is 0.879 bits per heavy atom. The molecule has 0 spiro atoms. The molecular formula is C55H45N9O2. The second kappa shape index (κ2) is 23.4. The van der Waals surface area contributed by atoms with Crippen LogP contribution in [-0.2, 0) is 0 Å². The summed E-state index contributed by atoms with van der Waals surface area (Å²) in [5.41, 5.74) is 11.9. The lowest BCUT2D eigenvalue weighted by Gasteiger charge is -2.18. The van der Waals surface area contributed by atoms with Gasteiger partial charge in [-0.15, -0.1) is 0 Å². The van der Waals surface area contributed by atoms with Gasteiger partial charge in [-0.25, -0.2) is 0 Å². The first kappa shape index (κ1) is 44.9. The molecule has 9 rings (SSSR count). The highest BCUT2D eigenvalue weighted by Gasteiger charge is 2.12. The summed E-state index contributed by atoms with van der Waals surface area (Å²) in [4.78, 5) is 43.4. The van der Waals surface area contributed by atoms with Gasteiger partial charge in [0.2, 0.25) is 0 Å². The van der Waals surface area contributed by atoms with Gasteiger partial charge in [-0.1, -0.05) is 109 Å². The van der Waals surface area contributed by atoms with Crippen molar-refractivity contribution in [1.29, 1.82) is 0 Å². The van der Waals surface area contributed by atoms with E-state index < -0.39 is 4.92 Å². The summed E-state index contributed by atoms with van der Waals surface area (Å²) < 4.78 is 0. The highest BCUT2D eigenvalue weighted by molar-refractivity contribution is 5.89. The van der Waals surface area contributed by atoms with Crippen LogP contribution < -0.4 is 4.90 Å². The van der Waals surface area contributed by atoms with Crippen LogP contribution in [0.15, 0.2) is 234 Å².